The molecule has 0 unspecified atom stereocenters. The van der Waals surface area contributed by atoms with E-state index in [1.54, 1.807) is 0 Å². The maximum Gasteiger partial charge on any atom is 2.00 e. The second kappa shape index (κ2) is 11.0. The molecular formula is C36H27N3OPtS. The molecule has 4 aromatic carbocycles. The molecule has 0 spiro atoms. The van der Waals surface area contributed by atoms with E-state index in [9.17, 15) is 0 Å². The average Bonchev–Trinajstić information content (AvgIpc) is 3.31. The number of pyridine rings is 2. The van der Waals surface area contributed by atoms with Gasteiger partial charge >= 0.3 is 21.1 Å². The number of fused-ring (bicyclic) bond motifs is 4. The van der Waals surface area contributed by atoms with Crippen molar-refractivity contribution in [1.82, 2.24) is 14.5 Å². The summed E-state index contributed by atoms with van der Waals surface area (Å²) in [5.74, 6) is 1.90. The van der Waals surface area contributed by atoms with Crippen molar-refractivity contribution >= 4 is 45.3 Å². The molecule has 7 rings (SSSR count). The first-order valence-corrected chi connectivity index (χ1v) is 14.0. The maximum absolute atomic E-state index is 6.31. The van der Waals surface area contributed by atoms with E-state index in [0.717, 1.165) is 49.7 Å². The third kappa shape index (κ3) is 4.97. The molecule has 3 aromatic heterocycles. The Balaban J connectivity index is 0.00000316. The Kier molecular flexibility index (Phi) is 7.34. The molecule has 0 aliphatic rings. The van der Waals surface area contributed by atoms with Gasteiger partial charge in [0.05, 0.1) is 5.52 Å². The van der Waals surface area contributed by atoms with Crippen molar-refractivity contribution < 1.29 is 25.8 Å². The zero-order chi connectivity index (χ0) is 28.1. The standard InChI is InChI=1S/C36H28N3OS.Pt/c1-36(2,3)25-19-20-37-32(21-25)39-30-12-8-7-11-28(30)29-17-15-26(22-31(29)39)40-33-18-14-24-13-16-27(35(41)34(24)38-33)23-9-5-4-6-10-23;/h4-21,41H,1-3H3;/q-1;+2/p-1. The first-order chi connectivity index (χ1) is 19.9. The fraction of sp³-hybridized carbons (Fsp3) is 0.111. The Morgan fingerprint density at radius 2 is 1.57 bits per heavy atom. The van der Waals surface area contributed by atoms with E-state index in [-0.39, 0.29) is 26.5 Å². The van der Waals surface area contributed by atoms with E-state index >= 15 is 0 Å². The molecular weight excluding hydrogens is 718 g/mol. The Labute approximate surface area is 265 Å². The van der Waals surface area contributed by atoms with Crippen molar-refractivity contribution in [1.29, 1.82) is 0 Å². The van der Waals surface area contributed by atoms with Crippen LogP contribution in [0.4, 0.5) is 0 Å². The smallest absolute Gasteiger partial charge is 0.777 e. The van der Waals surface area contributed by atoms with Crippen molar-refractivity contribution in [3.63, 3.8) is 0 Å². The summed E-state index contributed by atoms with van der Waals surface area (Å²) in [7, 11) is 0. The van der Waals surface area contributed by atoms with Crippen LogP contribution in [0.1, 0.15) is 26.3 Å². The second-order valence-electron chi connectivity index (χ2n) is 11.2. The molecule has 6 heteroatoms. The first-order valence-electron chi connectivity index (χ1n) is 13.6. The van der Waals surface area contributed by atoms with Gasteiger partial charge in [0.2, 0.25) is 5.88 Å². The molecule has 0 N–H and O–H groups in total. The van der Waals surface area contributed by atoms with Crippen LogP contribution in [0.5, 0.6) is 11.6 Å². The summed E-state index contributed by atoms with van der Waals surface area (Å²) in [6.45, 7) is 6.64. The van der Waals surface area contributed by atoms with E-state index in [4.69, 9.17) is 27.3 Å². The minimum absolute atomic E-state index is 0. The average molecular weight is 745 g/mol. The molecule has 0 radical (unpaired) electrons. The van der Waals surface area contributed by atoms with Gasteiger partial charge in [-0.2, -0.15) is 6.07 Å². The van der Waals surface area contributed by atoms with Crippen molar-refractivity contribution in [3.8, 4) is 28.6 Å². The fourth-order valence-electron chi connectivity index (χ4n) is 5.34. The van der Waals surface area contributed by atoms with Gasteiger partial charge in [0.25, 0.3) is 0 Å². The van der Waals surface area contributed by atoms with Crippen LogP contribution >= 0.6 is 0 Å². The molecule has 4 nitrogen and oxygen atoms in total. The number of hydrogen-bond acceptors (Lipinski definition) is 4. The van der Waals surface area contributed by atoms with Crippen LogP contribution in [0, 0.1) is 6.07 Å². The van der Waals surface area contributed by atoms with Gasteiger partial charge in [0, 0.05) is 23.5 Å². The Morgan fingerprint density at radius 1 is 0.810 bits per heavy atom. The zero-order valence-corrected chi connectivity index (χ0v) is 26.5. The normalized spacial score (nSPS) is 11.6. The van der Waals surface area contributed by atoms with Crippen molar-refractivity contribution in [2.45, 2.75) is 31.1 Å². The molecule has 208 valence electrons. The summed E-state index contributed by atoms with van der Waals surface area (Å²) in [6.07, 6.45) is 1.88. The van der Waals surface area contributed by atoms with Crippen LogP contribution in [0.15, 0.2) is 114 Å². The van der Waals surface area contributed by atoms with Gasteiger partial charge in [-0.1, -0.05) is 87.0 Å². The fourth-order valence-corrected chi connectivity index (χ4v) is 5.69. The molecule has 0 amide bonds. The zero-order valence-electron chi connectivity index (χ0n) is 23.4. The van der Waals surface area contributed by atoms with Gasteiger partial charge in [-0.05, 0) is 57.1 Å². The number of ether oxygens (including phenoxy) is 1. The van der Waals surface area contributed by atoms with Crippen LogP contribution in [0.25, 0.3) is 49.7 Å². The summed E-state index contributed by atoms with van der Waals surface area (Å²) in [5.41, 5.74) is 6.00. The summed E-state index contributed by atoms with van der Waals surface area (Å²) in [6, 6.07) is 38.3. The monoisotopic (exact) mass is 744 g/mol. The Morgan fingerprint density at radius 3 is 2.38 bits per heavy atom. The molecule has 0 bridgehead atoms. The van der Waals surface area contributed by atoms with E-state index in [0.29, 0.717) is 16.5 Å². The molecule has 0 saturated carbocycles. The van der Waals surface area contributed by atoms with Gasteiger partial charge < -0.3 is 21.9 Å². The number of aromatic nitrogens is 3. The van der Waals surface area contributed by atoms with E-state index in [1.165, 1.54) is 5.56 Å². The van der Waals surface area contributed by atoms with Crippen LogP contribution in [0.3, 0.4) is 0 Å². The minimum Gasteiger partial charge on any atom is -0.777 e. The van der Waals surface area contributed by atoms with Gasteiger partial charge in [0.1, 0.15) is 5.82 Å². The largest absolute Gasteiger partial charge is 2.00 e. The Bertz CT molecular complexity index is 2080. The molecule has 0 atom stereocenters. The molecule has 0 fully saturated rings. The SMILES string of the molecule is CC(C)(C)c1ccnc(-n2c3[c-]c(Oc4ccc5ccc(-c6ccccc6)c([S-])c5n4)ccc3c3ccccc32)c1.[Pt+2]. The third-order valence-electron chi connectivity index (χ3n) is 7.49. The minimum atomic E-state index is 0. The third-order valence-corrected chi connectivity index (χ3v) is 7.90. The quantitative estimate of drug-likeness (QED) is 0.133. The van der Waals surface area contributed by atoms with E-state index in [1.807, 2.05) is 42.6 Å². The van der Waals surface area contributed by atoms with Crippen LogP contribution in [-0.2, 0) is 39.1 Å². The predicted octanol–water partition coefficient (Wildman–Crippen LogP) is 9.19. The molecule has 0 aliphatic heterocycles. The van der Waals surface area contributed by atoms with E-state index < -0.39 is 0 Å². The summed E-state index contributed by atoms with van der Waals surface area (Å²) in [4.78, 5) is 10.3. The molecule has 0 aliphatic carbocycles. The first kappa shape index (κ1) is 28.1. The number of para-hydroxylation sites is 1. The molecule has 0 saturated heterocycles. The summed E-state index contributed by atoms with van der Waals surface area (Å²) >= 11 is 5.87. The van der Waals surface area contributed by atoms with Crippen molar-refractivity contribution in [2.24, 2.45) is 0 Å². The summed E-state index contributed by atoms with van der Waals surface area (Å²) in [5, 5.41) is 3.20. The number of rotatable bonds is 4. The number of nitrogens with zero attached hydrogens (tertiary/aromatic N) is 3. The van der Waals surface area contributed by atoms with Gasteiger partial charge in [-0.25, -0.2) is 9.97 Å². The van der Waals surface area contributed by atoms with Gasteiger partial charge in [-0.3, -0.25) is 0 Å². The van der Waals surface area contributed by atoms with Crippen LogP contribution in [0.2, 0.25) is 0 Å². The number of benzene rings is 4. The second-order valence-corrected chi connectivity index (χ2v) is 11.6. The molecule has 7 aromatic rings. The topological polar surface area (TPSA) is 39.9 Å². The maximum atomic E-state index is 6.31. The predicted molar refractivity (Wildman–Crippen MR) is 169 cm³/mol. The molecule has 42 heavy (non-hydrogen) atoms. The summed E-state index contributed by atoms with van der Waals surface area (Å²) < 4.78 is 8.47. The van der Waals surface area contributed by atoms with Gasteiger partial charge in [0.15, 0.2) is 0 Å². The van der Waals surface area contributed by atoms with Gasteiger partial charge in [-0.15, -0.1) is 22.4 Å². The number of hydrogen-bond donors (Lipinski definition) is 0. The van der Waals surface area contributed by atoms with E-state index in [2.05, 4.69) is 98.1 Å². The molecule has 3 heterocycles. The van der Waals surface area contributed by atoms with Crippen LogP contribution in [-0.4, -0.2) is 14.5 Å². The van der Waals surface area contributed by atoms with Crippen molar-refractivity contribution in [2.75, 3.05) is 0 Å². The van der Waals surface area contributed by atoms with Crippen molar-refractivity contribution in [3.05, 3.63) is 121 Å². The Hall–Kier alpha value is -4.05. The van der Waals surface area contributed by atoms with Crippen LogP contribution < -0.4 is 4.74 Å².